The smallest absolute Gasteiger partial charge is 0.156 e. The fourth-order valence-corrected chi connectivity index (χ4v) is 5.24. The van der Waals surface area contributed by atoms with Gasteiger partial charge in [0.2, 0.25) is 0 Å². The summed E-state index contributed by atoms with van der Waals surface area (Å²) in [5.74, 6) is 0.193. The Morgan fingerprint density at radius 2 is 1.81 bits per heavy atom. The summed E-state index contributed by atoms with van der Waals surface area (Å²) in [6.07, 6.45) is 1.18. The van der Waals surface area contributed by atoms with Gasteiger partial charge in [0.15, 0.2) is 9.84 Å². The van der Waals surface area contributed by atoms with Crippen molar-refractivity contribution >= 4 is 20.6 Å². The Kier molecular flexibility index (Phi) is 3.76. The van der Waals surface area contributed by atoms with E-state index >= 15 is 0 Å². The molecular weight excluding hydrogens is 284 g/mol. The minimum Gasteiger partial charge on any atom is -0.387 e. The molecule has 1 saturated heterocycles. The van der Waals surface area contributed by atoms with Crippen molar-refractivity contribution in [1.82, 2.24) is 0 Å². The quantitative estimate of drug-likeness (QED) is 0.927. The van der Waals surface area contributed by atoms with Crippen LogP contribution in [0.4, 0.5) is 0 Å². The molecule has 2 aromatic rings. The number of fused-ring (bicyclic) bond motifs is 1. The van der Waals surface area contributed by atoms with E-state index < -0.39 is 21.2 Å². The molecule has 0 saturated carbocycles. The highest BCUT2D eigenvalue weighted by molar-refractivity contribution is 7.92. The van der Waals surface area contributed by atoms with Crippen molar-refractivity contribution in [2.24, 2.45) is 0 Å². The number of hydrogen-bond acceptors (Lipinski definition) is 3. The zero-order valence-corrected chi connectivity index (χ0v) is 12.9. The van der Waals surface area contributed by atoms with Gasteiger partial charge < -0.3 is 5.11 Å². The first-order chi connectivity index (χ1) is 10.0. The van der Waals surface area contributed by atoms with E-state index in [-0.39, 0.29) is 5.75 Å². The second-order valence-electron chi connectivity index (χ2n) is 5.86. The Hall–Kier alpha value is -1.39. The standard InChI is InChI=1S/C17H20O3S/c1-12-9-10-15(14-7-3-2-6-13(12)14)17(18)16-8-4-5-11-21(16,19)20/h2-3,6-7,9-10,16-18H,4-5,8,11H2,1H3. The predicted octanol–water partition coefficient (Wildman–Crippen LogP) is 3.15. The lowest BCUT2D eigenvalue weighted by molar-refractivity contribution is 0.166. The van der Waals surface area contributed by atoms with Crippen molar-refractivity contribution in [2.75, 3.05) is 5.75 Å². The van der Waals surface area contributed by atoms with Gasteiger partial charge in [-0.05, 0) is 41.7 Å². The molecule has 0 bridgehead atoms. The van der Waals surface area contributed by atoms with Gasteiger partial charge in [-0.1, -0.05) is 42.8 Å². The first kappa shape index (κ1) is 14.5. The first-order valence-corrected chi connectivity index (χ1v) is 9.10. The first-order valence-electron chi connectivity index (χ1n) is 7.38. The van der Waals surface area contributed by atoms with Crippen molar-refractivity contribution in [1.29, 1.82) is 0 Å². The maximum atomic E-state index is 12.2. The van der Waals surface area contributed by atoms with Crippen LogP contribution in [0.1, 0.15) is 36.5 Å². The van der Waals surface area contributed by atoms with Crippen molar-refractivity contribution in [3.63, 3.8) is 0 Å². The molecule has 0 aromatic heterocycles. The largest absolute Gasteiger partial charge is 0.387 e. The molecule has 21 heavy (non-hydrogen) atoms. The summed E-state index contributed by atoms with van der Waals surface area (Å²) in [4.78, 5) is 0. The molecule has 1 aliphatic heterocycles. The van der Waals surface area contributed by atoms with E-state index in [1.54, 1.807) is 0 Å². The van der Waals surface area contributed by atoms with Crippen molar-refractivity contribution in [3.05, 3.63) is 47.5 Å². The van der Waals surface area contributed by atoms with Crippen LogP contribution in [-0.4, -0.2) is 24.5 Å². The van der Waals surface area contributed by atoms with Gasteiger partial charge >= 0.3 is 0 Å². The lowest BCUT2D eigenvalue weighted by atomic mass is 9.94. The van der Waals surface area contributed by atoms with Crippen LogP contribution in [0.3, 0.4) is 0 Å². The number of aliphatic hydroxyl groups is 1. The Labute approximate surface area is 125 Å². The molecule has 1 aliphatic rings. The van der Waals surface area contributed by atoms with Crippen LogP contribution >= 0.6 is 0 Å². The summed E-state index contributed by atoms with van der Waals surface area (Å²) in [6, 6.07) is 11.7. The summed E-state index contributed by atoms with van der Waals surface area (Å²) in [6.45, 7) is 2.02. The topological polar surface area (TPSA) is 54.4 Å². The van der Waals surface area contributed by atoms with E-state index in [1.165, 1.54) is 0 Å². The molecule has 2 unspecified atom stereocenters. The van der Waals surface area contributed by atoms with E-state index in [0.29, 0.717) is 12.8 Å². The minimum atomic E-state index is -3.20. The Morgan fingerprint density at radius 3 is 2.52 bits per heavy atom. The fourth-order valence-electron chi connectivity index (χ4n) is 3.27. The highest BCUT2D eigenvalue weighted by Crippen LogP contribution is 2.34. The van der Waals surface area contributed by atoms with Gasteiger partial charge in [0.25, 0.3) is 0 Å². The molecule has 1 fully saturated rings. The SMILES string of the molecule is Cc1ccc(C(O)C2CCCCS2(=O)=O)c2ccccc12. The van der Waals surface area contributed by atoms with Gasteiger partial charge in [0.1, 0.15) is 0 Å². The summed E-state index contributed by atoms with van der Waals surface area (Å²) in [5.41, 5.74) is 1.86. The van der Waals surface area contributed by atoms with Crippen LogP contribution in [0.25, 0.3) is 10.8 Å². The molecule has 3 nitrogen and oxygen atoms in total. The maximum Gasteiger partial charge on any atom is 0.156 e. The fraction of sp³-hybridized carbons (Fsp3) is 0.412. The highest BCUT2D eigenvalue weighted by atomic mass is 32.2. The summed E-state index contributed by atoms with van der Waals surface area (Å²) >= 11 is 0. The van der Waals surface area contributed by atoms with Gasteiger partial charge in [-0.3, -0.25) is 0 Å². The van der Waals surface area contributed by atoms with Crippen LogP contribution in [-0.2, 0) is 9.84 Å². The third-order valence-corrected chi connectivity index (χ3v) is 6.75. The number of rotatable bonds is 2. The van der Waals surface area contributed by atoms with Crippen LogP contribution in [0, 0.1) is 6.92 Å². The van der Waals surface area contributed by atoms with Crippen LogP contribution < -0.4 is 0 Å². The van der Waals surface area contributed by atoms with Crippen molar-refractivity contribution in [3.8, 4) is 0 Å². The second-order valence-corrected chi connectivity index (χ2v) is 8.20. The summed E-state index contributed by atoms with van der Waals surface area (Å²) < 4.78 is 24.5. The number of aliphatic hydroxyl groups excluding tert-OH is 1. The number of benzene rings is 2. The minimum absolute atomic E-state index is 0.193. The molecule has 1 N–H and O–H groups in total. The maximum absolute atomic E-state index is 12.2. The zero-order valence-electron chi connectivity index (χ0n) is 12.1. The number of hydrogen-bond donors (Lipinski definition) is 1. The molecule has 0 spiro atoms. The highest BCUT2D eigenvalue weighted by Gasteiger charge is 2.35. The van der Waals surface area contributed by atoms with E-state index in [4.69, 9.17) is 0 Å². The van der Waals surface area contributed by atoms with E-state index in [2.05, 4.69) is 0 Å². The van der Waals surface area contributed by atoms with E-state index in [9.17, 15) is 13.5 Å². The van der Waals surface area contributed by atoms with Gasteiger partial charge in [-0.25, -0.2) is 8.42 Å². The van der Waals surface area contributed by atoms with Crippen molar-refractivity contribution < 1.29 is 13.5 Å². The normalized spacial score (nSPS) is 23.0. The molecule has 3 rings (SSSR count). The molecule has 0 amide bonds. The van der Waals surface area contributed by atoms with Gasteiger partial charge in [0.05, 0.1) is 17.1 Å². The lowest BCUT2D eigenvalue weighted by Crippen LogP contribution is -2.33. The zero-order chi connectivity index (χ0) is 15.0. The van der Waals surface area contributed by atoms with Crippen LogP contribution in [0.2, 0.25) is 0 Å². The van der Waals surface area contributed by atoms with Crippen LogP contribution in [0.5, 0.6) is 0 Å². The Bertz CT molecular complexity index is 765. The number of sulfone groups is 1. The molecule has 0 aliphatic carbocycles. The second kappa shape index (κ2) is 5.43. The Morgan fingerprint density at radius 1 is 1.10 bits per heavy atom. The average molecular weight is 304 g/mol. The molecule has 0 radical (unpaired) electrons. The third-order valence-electron chi connectivity index (χ3n) is 4.48. The van der Waals surface area contributed by atoms with Crippen molar-refractivity contribution in [2.45, 2.75) is 37.5 Å². The molecule has 2 atom stereocenters. The lowest BCUT2D eigenvalue weighted by Gasteiger charge is -2.27. The number of aryl methyl sites for hydroxylation is 1. The third kappa shape index (κ3) is 2.58. The monoisotopic (exact) mass is 304 g/mol. The van der Waals surface area contributed by atoms with Gasteiger partial charge in [-0.15, -0.1) is 0 Å². The summed E-state index contributed by atoms with van der Waals surface area (Å²) in [5, 5.41) is 12.0. The average Bonchev–Trinajstić information content (AvgIpc) is 2.47. The van der Waals surface area contributed by atoms with Gasteiger partial charge in [0, 0.05) is 0 Å². The summed E-state index contributed by atoms with van der Waals surface area (Å²) in [7, 11) is -3.20. The Balaban J connectivity index is 2.10. The molecule has 2 aromatic carbocycles. The molecule has 4 heteroatoms. The van der Waals surface area contributed by atoms with E-state index in [0.717, 1.165) is 28.3 Å². The van der Waals surface area contributed by atoms with Gasteiger partial charge in [-0.2, -0.15) is 0 Å². The molecule has 112 valence electrons. The van der Waals surface area contributed by atoms with E-state index in [1.807, 2.05) is 43.3 Å². The van der Waals surface area contributed by atoms with Crippen LogP contribution in [0.15, 0.2) is 36.4 Å². The predicted molar refractivity (Wildman–Crippen MR) is 85.1 cm³/mol. The molecular formula is C17H20O3S. The molecule has 1 heterocycles.